The zero-order valence-corrected chi connectivity index (χ0v) is 34.9. The molecule has 6 aromatic rings. The molecule has 12 nitrogen and oxygen atoms in total. The number of amides is 1. The second-order valence-corrected chi connectivity index (χ2v) is 16.3. The number of rotatable bonds is 16. The summed E-state index contributed by atoms with van der Waals surface area (Å²) in [5, 5.41) is 2.92. The Bertz CT molecular complexity index is 2200. The van der Waals surface area contributed by atoms with E-state index in [1.54, 1.807) is 32.7 Å². The number of methoxy groups -OCH3 is 2. The Morgan fingerprint density at radius 1 is 0.828 bits per heavy atom. The van der Waals surface area contributed by atoms with E-state index in [0.29, 0.717) is 29.0 Å². The van der Waals surface area contributed by atoms with Crippen molar-refractivity contribution in [2.24, 2.45) is 0 Å². The smallest absolute Gasteiger partial charge is 0.256 e. The maximum Gasteiger partial charge on any atom is 0.256 e. The molecule has 2 unspecified atom stereocenters. The maximum atomic E-state index is 13.2. The molecule has 1 aliphatic heterocycles. The number of anilines is 1. The van der Waals surface area contributed by atoms with E-state index >= 15 is 0 Å². The van der Waals surface area contributed by atoms with Crippen molar-refractivity contribution in [3.05, 3.63) is 144 Å². The average molecular weight is 803 g/mol. The van der Waals surface area contributed by atoms with Gasteiger partial charge in [-0.05, 0) is 87.4 Å². The van der Waals surface area contributed by atoms with Crippen LogP contribution in [0.25, 0.3) is 11.2 Å². The Hall–Kier alpha value is -5.23. The van der Waals surface area contributed by atoms with Gasteiger partial charge in [-0.1, -0.05) is 72.8 Å². The molecule has 4 aromatic carbocycles. The molecule has 4 atom stereocenters. The second kappa shape index (κ2) is 18.1. The lowest BCUT2D eigenvalue weighted by molar-refractivity contribution is -0.0831. The van der Waals surface area contributed by atoms with Gasteiger partial charge in [-0.2, -0.15) is 0 Å². The van der Waals surface area contributed by atoms with Gasteiger partial charge in [-0.25, -0.2) is 15.0 Å². The lowest BCUT2D eigenvalue weighted by atomic mass is 9.80. The van der Waals surface area contributed by atoms with Crippen LogP contribution in [0, 0.1) is 0 Å². The molecule has 58 heavy (non-hydrogen) atoms. The molecule has 7 rings (SSSR count). The summed E-state index contributed by atoms with van der Waals surface area (Å²) >= 11 is 0. The van der Waals surface area contributed by atoms with Crippen molar-refractivity contribution in [2.45, 2.75) is 70.2 Å². The van der Waals surface area contributed by atoms with Crippen molar-refractivity contribution in [3.8, 4) is 11.5 Å². The summed E-state index contributed by atoms with van der Waals surface area (Å²) in [6.07, 6.45) is 2.28. The van der Waals surface area contributed by atoms with Crippen LogP contribution in [0.1, 0.15) is 67.4 Å². The average Bonchev–Trinajstić information content (AvgIpc) is 3.86. The molecule has 1 N–H and O–H groups in total. The number of hydrogen-bond acceptors (Lipinski definition) is 10. The van der Waals surface area contributed by atoms with Gasteiger partial charge in [0.2, 0.25) is 0 Å². The first kappa shape index (κ1) is 40.9. The van der Waals surface area contributed by atoms with Gasteiger partial charge in [0.05, 0.1) is 33.3 Å². The first-order valence-corrected chi connectivity index (χ1v) is 21.2. The highest BCUT2D eigenvalue weighted by molar-refractivity contribution is 7.49. The molecule has 302 valence electrons. The Morgan fingerprint density at radius 3 is 1.97 bits per heavy atom. The Kier molecular flexibility index (Phi) is 12.8. The van der Waals surface area contributed by atoms with Crippen LogP contribution in [-0.4, -0.2) is 81.9 Å². The Balaban J connectivity index is 1.25. The van der Waals surface area contributed by atoms with E-state index < -0.39 is 20.1 Å². The number of benzene rings is 4. The summed E-state index contributed by atoms with van der Waals surface area (Å²) in [6.45, 7) is 11.1. The summed E-state index contributed by atoms with van der Waals surface area (Å²) in [5.41, 5.74) is 3.25. The van der Waals surface area contributed by atoms with E-state index in [4.69, 9.17) is 28.5 Å². The third-order valence-electron chi connectivity index (χ3n) is 10.4. The molecule has 2 aromatic heterocycles. The van der Waals surface area contributed by atoms with E-state index in [1.165, 1.54) is 6.33 Å². The van der Waals surface area contributed by atoms with Crippen LogP contribution >= 0.6 is 8.30 Å². The van der Waals surface area contributed by atoms with Gasteiger partial charge in [0.1, 0.15) is 37.8 Å². The van der Waals surface area contributed by atoms with Gasteiger partial charge in [-0.3, -0.25) is 14.0 Å². The molecule has 1 aliphatic rings. The number of aromatic nitrogens is 4. The number of fused-ring (bicyclic) bond motifs is 1. The largest absolute Gasteiger partial charge is 0.497 e. The van der Waals surface area contributed by atoms with Crippen LogP contribution < -0.4 is 14.8 Å². The summed E-state index contributed by atoms with van der Waals surface area (Å²) < 4.78 is 36.7. The topological polar surface area (TPSA) is 122 Å². The van der Waals surface area contributed by atoms with E-state index in [-0.39, 0.29) is 36.8 Å². The van der Waals surface area contributed by atoms with Crippen molar-refractivity contribution in [1.82, 2.24) is 24.2 Å². The van der Waals surface area contributed by atoms with E-state index in [0.717, 1.165) is 28.2 Å². The SMILES string of the molecule is COc1ccc(C(OC[C@@H]2CC(OP(C)N(C(C)C)C(C)C)[C@H](n3cnc4c(NC(=O)c5ccccc5)ncnc43)O2)(c2ccccc2)c2ccc(OC)cc2)cc1. The maximum absolute atomic E-state index is 13.2. The minimum Gasteiger partial charge on any atom is -0.497 e. The lowest BCUT2D eigenvalue weighted by Crippen LogP contribution is -2.36. The highest BCUT2D eigenvalue weighted by Crippen LogP contribution is 2.48. The summed E-state index contributed by atoms with van der Waals surface area (Å²) in [4.78, 5) is 26.9. The Morgan fingerprint density at radius 2 is 1.40 bits per heavy atom. The van der Waals surface area contributed by atoms with Crippen LogP contribution in [0.15, 0.2) is 122 Å². The first-order valence-electron chi connectivity index (χ1n) is 19.5. The minimum absolute atomic E-state index is 0.225. The molecule has 13 heteroatoms. The summed E-state index contributed by atoms with van der Waals surface area (Å²) in [5.74, 6) is 1.51. The van der Waals surface area contributed by atoms with Gasteiger partial charge >= 0.3 is 0 Å². The normalized spacial score (nSPS) is 17.6. The van der Waals surface area contributed by atoms with Crippen molar-refractivity contribution in [1.29, 1.82) is 0 Å². The fraction of sp³-hybridized carbons (Fsp3) is 0.333. The number of hydrogen-bond donors (Lipinski definition) is 1. The molecule has 1 fully saturated rings. The van der Waals surface area contributed by atoms with E-state index in [9.17, 15) is 4.79 Å². The monoisotopic (exact) mass is 802 g/mol. The first-order chi connectivity index (χ1) is 28.1. The fourth-order valence-electron chi connectivity index (χ4n) is 7.85. The Labute approximate surface area is 341 Å². The fourth-order valence-corrected chi connectivity index (χ4v) is 9.84. The molecule has 0 bridgehead atoms. The molecular weight excluding hydrogens is 752 g/mol. The van der Waals surface area contributed by atoms with Crippen molar-refractivity contribution >= 4 is 31.2 Å². The van der Waals surface area contributed by atoms with Crippen LogP contribution in [0.5, 0.6) is 11.5 Å². The highest BCUT2D eigenvalue weighted by atomic mass is 31.2. The van der Waals surface area contributed by atoms with Crippen LogP contribution in [0.2, 0.25) is 0 Å². The van der Waals surface area contributed by atoms with Gasteiger partial charge in [0.15, 0.2) is 23.2 Å². The molecule has 1 saturated heterocycles. The number of ether oxygens (including phenoxy) is 4. The summed E-state index contributed by atoms with van der Waals surface area (Å²) in [7, 11) is 2.29. The molecular formula is C45H51N6O6P. The standard InChI is InChI=1S/C45H51N6O6P/c1-30(2)51(31(3)4)58(7)57-39-26-38(56-44(39)50-29-48-40-41(46-28-47-42(40)50)49-43(52)32-14-10-8-11-15-32)27-55-45(33-16-12-9-13-17-33,34-18-22-36(53-5)23-19-34)35-20-24-37(54-6)25-21-35/h8-25,28-31,38-39,44H,26-27H2,1-7H3,(H,46,47,49,52)/t38-,39?,44+,58?/m0/s1. The number of carbonyl (C=O) groups is 1. The quantitative estimate of drug-likeness (QED) is 0.0751. The molecule has 3 heterocycles. The number of imidazole rings is 1. The third-order valence-corrected chi connectivity index (χ3v) is 12.5. The van der Waals surface area contributed by atoms with E-state index in [2.05, 4.69) is 66.4 Å². The van der Waals surface area contributed by atoms with E-state index in [1.807, 2.05) is 89.5 Å². The van der Waals surface area contributed by atoms with Crippen molar-refractivity contribution < 1.29 is 28.3 Å². The number of carbonyl (C=O) groups excluding carboxylic acids is 1. The molecule has 0 saturated carbocycles. The van der Waals surface area contributed by atoms with Gasteiger partial charge < -0.3 is 28.8 Å². The van der Waals surface area contributed by atoms with Crippen LogP contribution in [0.4, 0.5) is 5.82 Å². The zero-order valence-electron chi connectivity index (χ0n) is 34.0. The van der Waals surface area contributed by atoms with Gasteiger partial charge in [0, 0.05) is 24.1 Å². The molecule has 0 radical (unpaired) electrons. The van der Waals surface area contributed by atoms with Gasteiger partial charge in [-0.15, -0.1) is 0 Å². The zero-order chi connectivity index (χ0) is 40.8. The molecule has 1 amide bonds. The lowest BCUT2D eigenvalue weighted by Gasteiger charge is -2.37. The molecule has 0 aliphatic carbocycles. The third kappa shape index (κ3) is 8.48. The minimum atomic E-state index is -1.03. The summed E-state index contributed by atoms with van der Waals surface area (Å²) in [6, 6.07) is 35.7. The second-order valence-electron chi connectivity index (χ2n) is 14.7. The number of nitrogens with one attached hydrogen (secondary N) is 1. The molecule has 0 spiro atoms. The van der Waals surface area contributed by atoms with Crippen molar-refractivity contribution in [2.75, 3.05) is 32.8 Å². The van der Waals surface area contributed by atoms with Gasteiger partial charge in [0.25, 0.3) is 5.91 Å². The highest BCUT2D eigenvalue weighted by Gasteiger charge is 2.44. The predicted octanol–water partition coefficient (Wildman–Crippen LogP) is 8.84. The predicted molar refractivity (Wildman–Crippen MR) is 226 cm³/mol. The van der Waals surface area contributed by atoms with Crippen molar-refractivity contribution in [3.63, 3.8) is 0 Å². The van der Waals surface area contributed by atoms with Crippen LogP contribution in [-0.2, 0) is 19.6 Å². The van der Waals surface area contributed by atoms with Crippen LogP contribution in [0.3, 0.4) is 0 Å². The number of nitrogens with zero attached hydrogens (tertiary/aromatic N) is 5.